The van der Waals surface area contributed by atoms with Crippen LogP contribution in [0.15, 0.2) is 11.2 Å². The van der Waals surface area contributed by atoms with Crippen LogP contribution in [0.3, 0.4) is 0 Å². The van der Waals surface area contributed by atoms with Crippen LogP contribution in [0.5, 0.6) is 0 Å². The number of nitrogens with one attached hydrogen (secondary N) is 3. The Kier molecular flexibility index (Phi) is 4.41. The molecule has 1 saturated heterocycles. The Morgan fingerprint density at radius 2 is 1.79 bits per heavy atom. The third kappa shape index (κ3) is 3.21. The van der Waals surface area contributed by atoms with Gasteiger partial charge in [0.25, 0.3) is 15.2 Å². The van der Waals surface area contributed by atoms with E-state index in [0.29, 0.717) is 18.4 Å². The quantitative estimate of drug-likeness (QED) is 0.674. The summed E-state index contributed by atoms with van der Waals surface area (Å²) in [5.74, 6) is 0.743. The molecular weight excluding hydrogens is 376 g/mol. The van der Waals surface area contributed by atoms with Crippen LogP contribution in [-0.4, -0.2) is 55.2 Å². The summed E-state index contributed by atoms with van der Waals surface area (Å²) in [6.45, 7) is 2.25. The predicted octanol–water partition coefficient (Wildman–Crippen LogP) is 1.37. The van der Waals surface area contributed by atoms with Crippen LogP contribution in [0.1, 0.15) is 35.1 Å². The number of benzene rings is 1. The molecule has 2 aromatic rings. The monoisotopic (exact) mass is 402 g/mol. The van der Waals surface area contributed by atoms with E-state index in [1.807, 2.05) is 7.05 Å². The molecule has 1 fully saturated rings. The lowest BCUT2D eigenvalue weighted by molar-refractivity contribution is 0.137. The fourth-order valence-electron chi connectivity index (χ4n) is 4.76. The predicted molar refractivity (Wildman–Crippen MR) is 106 cm³/mol. The summed E-state index contributed by atoms with van der Waals surface area (Å²) in [6.07, 6.45) is 6.69. The smallest absolute Gasteiger partial charge is 0.276 e. The standard InChI is InChI=1S/C19H26N6O2S/c1-25-10-12(11-25)9-20-28(26,27)19-22-18(23-24-19)21-17-15-6-2-4-13(15)8-14-5-3-7-16(14)17/h8,12,20H,2-7,9-11H2,1H3,(H2,21,22,23,24). The Bertz CT molecular complexity index is 977. The fraction of sp³-hybridized carbons (Fsp3) is 0.579. The molecule has 0 unspecified atom stereocenters. The number of aryl methyl sites for hydroxylation is 2. The van der Waals surface area contributed by atoms with E-state index in [2.05, 4.69) is 36.2 Å². The highest BCUT2D eigenvalue weighted by Gasteiger charge is 2.28. The number of aromatic nitrogens is 3. The van der Waals surface area contributed by atoms with E-state index in [0.717, 1.165) is 44.5 Å². The van der Waals surface area contributed by atoms with Crippen molar-refractivity contribution in [2.75, 3.05) is 32.0 Å². The molecule has 0 amide bonds. The summed E-state index contributed by atoms with van der Waals surface area (Å²) in [7, 11) is -1.66. The summed E-state index contributed by atoms with van der Waals surface area (Å²) < 4.78 is 27.7. The van der Waals surface area contributed by atoms with E-state index in [4.69, 9.17) is 0 Å². The molecule has 0 spiro atoms. The summed E-state index contributed by atoms with van der Waals surface area (Å²) in [5, 5.41) is 11.2. The molecule has 0 atom stereocenters. The van der Waals surface area contributed by atoms with Crippen molar-refractivity contribution in [1.82, 2.24) is 24.8 Å². The van der Waals surface area contributed by atoms with E-state index in [9.17, 15) is 8.42 Å². The maximum absolute atomic E-state index is 12.5. The van der Waals surface area contributed by atoms with Crippen molar-refractivity contribution >= 4 is 21.7 Å². The number of rotatable bonds is 6. The van der Waals surface area contributed by atoms with E-state index >= 15 is 0 Å². The molecular formula is C19H26N6O2S. The van der Waals surface area contributed by atoms with Gasteiger partial charge in [-0.1, -0.05) is 6.07 Å². The first-order chi connectivity index (χ1) is 13.5. The minimum atomic E-state index is -3.68. The highest BCUT2D eigenvalue weighted by atomic mass is 32.2. The van der Waals surface area contributed by atoms with Gasteiger partial charge in [-0.15, -0.1) is 10.2 Å². The van der Waals surface area contributed by atoms with Gasteiger partial charge in [0.15, 0.2) is 0 Å². The Morgan fingerprint density at radius 1 is 1.11 bits per heavy atom. The molecule has 3 aliphatic rings. The van der Waals surface area contributed by atoms with Crippen molar-refractivity contribution in [3.8, 4) is 0 Å². The molecule has 8 nitrogen and oxygen atoms in total. The number of nitrogens with zero attached hydrogens (tertiary/aromatic N) is 3. The van der Waals surface area contributed by atoms with Crippen molar-refractivity contribution in [3.63, 3.8) is 0 Å². The van der Waals surface area contributed by atoms with Crippen molar-refractivity contribution in [2.24, 2.45) is 5.92 Å². The van der Waals surface area contributed by atoms with E-state index in [-0.39, 0.29) is 5.16 Å². The van der Waals surface area contributed by atoms with Crippen molar-refractivity contribution in [2.45, 2.75) is 43.7 Å². The second-order valence-corrected chi connectivity index (χ2v) is 9.96. The molecule has 1 aromatic carbocycles. The van der Waals surface area contributed by atoms with Gasteiger partial charge < -0.3 is 10.2 Å². The number of H-pyrrole nitrogens is 1. The molecule has 150 valence electrons. The first-order valence-corrected chi connectivity index (χ1v) is 11.5. The lowest BCUT2D eigenvalue weighted by Crippen LogP contribution is -2.49. The first kappa shape index (κ1) is 18.1. The van der Waals surface area contributed by atoms with Gasteiger partial charge in [0.2, 0.25) is 5.95 Å². The maximum atomic E-state index is 12.5. The SMILES string of the molecule is CN1CC(CNS(=O)(=O)c2nnc(Nc3c4c(cc5c3CCC5)CCC4)[nH]2)C1. The zero-order chi connectivity index (χ0) is 19.3. The normalized spacial score (nSPS) is 19.5. The minimum absolute atomic E-state index is 0.132. The molecule has 28 heavy (non-hydrogen) atoms. The van der Waals surface area contributed by atoms with Crippen LogP contribution in [0.25, 0.3) is 0 Å². The minimum Gasteiger partial charge on any atom is -0.324 e. The number of fused-ring (bicyclic) bond motifs is 2. The Morgan fingerprint density at radius 3 is 2.43 bits per heavy atom. The van der Waals surface area contributed by atoms with Crippen LogP contribution >= 0.6 is 0 Å². The van der Waals surface area contributed by atoms with Crippen LogP contribution in [0.4, 0.5) is 11.6 Å². The van der Waals surface area contributed by atoms with Crippen LogP contribution in [0.2, 0.25) is 0 Å². The molecule has 1 aliphatic heterocycles. The van der Waals surface area contributed by atoms with Gasteiger partial charge in [-0.3, -0.25) is 4.98 Å². The molecule has 0 saturated carbocycles. The highest BCUT2D eigenvalue weighted by Crippen LogP contribution is 2.39. The Labute approximate surface area is 165 Å². The average molecular weight is 403 g/mol. The van der Waals surface area contributed by atoms with Crippen LogP contribution in [-0.2, 0) is 35.7 Å². The highest BCUT2D eigenvalue weighted by molar-refractivity contribution is 7.89. The number of hydrogen-bond donors (Lipinski definition) is 3. The van der Waals surface area contributed by atoms with Crippen LogP contribution < -0.4 is 10.0 Å². The molecule has 5 rings (SSSR count). The van der Waals surface area contributed by atoms with E-state index in [1.54, 1.807) is 0 Å². The zero-order valence-corrected chi connectivity index (χ0v) is 16.9. The third-order valence-electron chi connectivity index (χ3n) is 6.14. The van der Waals surface area contributed by atoms with Gasteiger partial charge in [-0.05, 0) is 73.7 Å². The average Bonchev–Trinajstić information content (AvgIpc) is 3.37. The molecule has 2 heterocycles. The molecule has 0 radical (unpaired) electrons. The molecule has 0 bridgehead atoms. The number of aromatic amines is 1. The largest absolute Gasteiger partial charge is 0.324 e. The number of likely N-dealkylation sites (tertiary alicyclic amines) is 1. The van der Waals surface area contributed by atoms with Gasteiger partial charge in [-0.2, -0.15) is 0 Å². The maximum Gasteiger partial charge on any atom is 0.276 e. The summed E-state index contributed by atoms with van der Waals surface area (Å²) in [6, 6.07) is 2.37. The number of sulfonamides is 1. The molecule has 9 heteroatoms. The zero-order valence-electron chi connectivity index (χ0n) is 16.1. The summed E-state index contributed by atoms with van der Waals surface area (Å²) in [5.41, 5.74) is 6.67. The van der Waals surface area contributed by atoms with Gasteiger partial charge >= 0.3 is 0 Å². The van der Waals surface area contributed by atoms with Gasteiger partial charge in [0.1, 0.15) is 0 Å². The van der Waals surface area contributed by atoms with Crippen molar-refractivity contribution in [3.05, 3.63) is 28.3 Å². The van der Waals surface area contributed by atoms with Crippen molar-refractivity contribution < 1.29 is 8.42 Å². The van der Waals surface area contributed by atoms with Gasteiger partial charge in [0.05, 0.1) is 0 Å². The summed E-state index contributed by atoms with van der Waals surface area (Å²) >= 11 is 0. The van der Waals surface area contributed by atoms with E-state index < -0.39 is 10.0 Å². The molecule has 1 aromatic heterocycles. The fourth-order valence-corrected chi connectivity index (χ4v) is 5.73. The Balaban J connectivity index is 1.35. The molecule has 2 aliphatic carbocycles. The lowest BCUT2D eigenvalue weighted by atomic mass is 9.99. The first-order valence-electron chi connectivity index (χ1n) is 10.0. The van der Waals surface area contributed by atoms with Gasteiger partial charge in [-0.25, -0.2) is 13.1 Å². The second kappa shape index (κ2) is 6.82. The molecule has 3 N–H and O–H groups in total. The van der Waals surface area contributed by atoms with Gasteiger partial charge in [0, 0.05) is 25.3 Å². The van der Waals surface area contributed by atoms with E-state index in [1.165, 1.54) is 35.1 Å². The third-order valence-corrected chi connectivity index (χ3v) is 7.38. The Hall–Kier alpha value is -1.97. The summed E-state index contributed by atoms with van der Waals surface area (Å²) in [4.78, 5) is 5.02. The van der Waals surface area contributed by atoms with Crippen molar-refractivity contribution in [1.29, 1.82) is 0 Å². The number of hydrogen-bond acceptors (Lipinski definition) is 6. The number of anilines is 2. The topological polar surface area (TPSA) is 103 Å². The lowest BCUT2D eigenvalue weighted by Gasteiger charge is -2.35. The van der Waals surface area contributed by atoms with Crippen LogP contribution in [0, 0.1) is 5.92 Å². The second-order valence-electron chi connectivity index (χ2n) is 8.28.